The average Bonchev–Trinajstić information content (AvgIpc) is 2.84. The molecule has 1 aromatic rings. The molecule has 1 aliphatic rings. The number of rotatable bonds is 6. The van der Waals surface area contributed by atoms with Gasteiger partial charge in [0.1, 0.15) is 5.75 Å². The van der Waals surface area contributed by atoms with Gasteiger partial charge >= 0.3 is 0 Å². The predicted molar refractivity (Wildman–Crippen MR) is 80.9 cm³/mol. The van der Waals surface area contributed by atoms with Crippen molar-refractivity contribution in [2.75, 3.05) is 13.7 Å². The predicted octanol–water partition coefficient (Wildman–Crippen LogP) is 3.71. The first-order chi connectivity index (χ1) is 9.24. The second-order valence-electron chi connectivity index (χ2n) is 5.77. The third-order valence-corrected chi connectivity index (χ3v) is 4.23. The van der Waals surface area contributed by atoms with Crippen molar-refractivity contribution < 1.29 is 4.74 Å². The summed E-state index contributed by atoms with van der Waals surface area (Å²) in [5.74, 6) is 1.81. The topological polar surface area (TPSA) is 21.3 Å². The number of hydrogen-bond donors (Lipinski definition) is 1. The lowest BCUT2D eigenvalue weighted by atomic mass is 9.93. The lowest BCUT2D eigenvalue weighted by Gasteiger charge is -2.22. The standard InChI is InChI=1S/C17H27NO/c1-4-10-18-16-7-5-6-14(16)12-15-11-13(2)8-9-17(15)19-3/h8-9,11,14,16,18H,4-7,10,12H2,1-3H3. The molecule has 0 aliphatic heterocycles. The van der Waals surface area contributed by atoms with Crippen molar-refractivity contribution >= 4 is 0 Å². The Bertz CT molecular complexity index is 402. The van der Waals surface area contributed by atoms with E-state index in [9.17, 15) is 0 Å². The molecule has 2 atom stereocenters. The Balaban J connectivity index is 2.05. The molecule has 1 fully saturated rings. The highest BCUT2D eigenvalue weighted by Crippen LogP contribution is 2.32. The molecule has 0 aromatic heterocycles. The molecule has 1 saturated carbocycles. The number of ether oxygens (including phenoxy) is 1. The van der Waals surface area contributed by atoms with Gasteiger partial charge in [0.05, 0.1) is 7.11 Å². The van der Waals surface area contributed by atoms with Crippen molar-refractivity contribution in [1.29, 1.82) is 0 Å². The van der Waals surface area contributed by atoms with Gasteiger partial charge in [0.25, 0.3) is 0 Å². The quantitative estimate of drug-likeness (QED) is 0.843. The molecular formula is C17H27NO. The SMILES string of the molecule is CCCNC1CCCC1Cc1cc(C)ccc1OC. The van der Waals surface area contributed by atoms with Gasteiger partial charge in [-0.2, -0.15) is 0 Å². The van der Waals surface area contributed by atoms with Gasteiger partial charge in [-0.05, 0) is 56.7 Å². The summed E-state index contributed by atoms with van der Waals surface area (Å²) in [7, 11) is 1.77. The molecule has 0 bridgehead atoms. The van der Waals surface area contributed by atoms with E-state index in [2.05, 4.69) is 37.4 Å². The summed E-state index contributed by atoms with van der Waals surface area (Å²) in [6.07, 6.45) is 6.40. The van der Waals surface area contributed by atoms with Gasteiger partial charge in [-0.1, -0.05) is 31.0 Å². The zero-order chi connectivity index (χ0) is 13.7. The second kappa shape index (κ2) is 6.95. The number of aryl methyl sites for hydroxylation is 1. The summed E-state index contributed by atoms with van der Waals surface area (Å²) < 4.78 is 5.51. The maximum Gasteiger partial charge on any atom is 0.122 e. The first kappa shape index (κ1) is 14.4. The Morgan fingerprint density at radius 1 is 1.32 bits per heavy atom. The molecule has 1 aromatic carbocycles. The van der Waals surface area contributed by atoms with Crippen molar-refractivity contribution in [1.82, 2.24) is 5.32 Å². The summed E-state index contributed by atoms with van der Waals surface area (Å²) in [6.45, 7) is 5.54. The summed E-state index contributed by atoms with van der Waals surface area (Å²) in [5.41, 5.74) is 2.70. The van der Waals surface area contributed by atoms with Gasteiger partial charge in [0, 0.05) is 6.04 Å². The summed E-state index contributed by atoms with van der Waals surface area (Å²) in [4.78, 5) is 0. The fourth-order valence-electron chi connectivity index (χ4n) is 3.23. The lowest BCUT2D eigenvalue weighted by Crippen LogP contribution is -2.33. The van der Waals surface area contributed by atoms with Crippen LogP contribution in [-0.2, 0) is 6.42 Å². The molecule has 0 spiro atoms. The monoisotopic (exact) mass is 261 g/mol. The number of hydrogen-bond acceptors (Lipinski definition) is 2. The van der Waals surface area contributed by atoms with Gasteiger partial charge in [-0.25, -0.2) is 0 Å². The number of benzene rings is 1. The second-order valence-corrected chi connectivity index (χ2v) is 5.77. The van der Waals surface area contributed by atoms with E-state index < -0.39 is 0 Å². The summed E-state index contributed by atoms with van der Waals surface area (Å²) >= 11 is 0. The number of methoxy groups -OCH3 is 1. The van der Waals surface area contributed by atoms with Gasteiger partial charge in [-0.3, -0.25) is 0 Å². The zero-order valence-electron chi connectivity index (χ0n) is 12.5. The molecule has 19 heavy (non-hydrogen) atoms. The van der Waals surface area contributed by atoms with E-state index in [0.29, 0.717) is 6.04 Å². The molecular weight excluding hydrogens is 234 g/mol. The van der Waals surface area contributed by atoms with Crippen LogP contribution in [0.3, 0.4) is 0 Å². The molecule has 2 heteroatoms. The third-order valence-electron chi connectivity index (χ3n) is 4.23. The molecule has 2 nitrogen and oxygen atoms in total. The van der Waals surface area contributed by atoms with Crippen LogP contribution >= 0.6 is 0 Å². The Labute approximate surface area is 117 Å². The normalized spacial score (nSPS) is 22.7. The molecule has 0 heterocycles. The Kier molecular flexibility index (Phi) is 5.26. The maximum absolute atomic E-state index is 5.51. The first-order valence-corrected chi connectivity index (χ1v) is 7.61. The largest absolute Gasteiger partial charge is 0.496 e. The van der Waals surface area contributed by atoms with E-state index in [1.54, 1.807) is 7.11 Å². The van der Waals surface area contributed by atoms with E-state index in [1.807, 2.05) is 0 Å². The fraction of sp³-hybridized carbons (Fsp3) is 0.647. The minimum absolute atomic E-state index is 0.699. The van der Waals surface area contributed by atoms with Crippen molar-refractivity contribution in [2.24, 2.45) is 5.92 Å². The van der Waals surface area contributed by atoms with E-state index in [1.165, 1.54) is 36.8 Å². The van der Waals surface area contributed by atoms with Gasteiger partial charge in [0.15, 0.2) is 0 Å². The maximum atomic E-state index is 5.51. The van der Waals surface area contributed by atoms with Crippen LogP contribution in [0.2, 0.25) is 0 Å². The molecule has 0 amide bonds. The van der Waals surface area contributed by atoms with Crippen LogP contribution in [0.4, 0.5) is 0 Å². The summed E-state index contributed by atoms with van der Waals surface area (Å²) in [5, 5.41) is 3.71. The minimum atomic E-state index is 0.699. The van der Waals surface area contributed by atoms with E-state index >= 15 is 0 Å². The average molecular weight is 261 g/mol. The smallest absolute Gasteiger partial charge is 0.122 e. The molecule has 2 rings (SSSR count). The molecule has 1 aliphatic carbocycles. The Hall–Kier alpha value is -1.02. The highest BCUT2D eigenvalue weighted by Gasteiger charge is 2.27. The first-order valence-electron chi connectivity index (χ1n) is 7.61. The zero-order valence-corrected chi connectivity index (χ0v) is 12.5. The Morgan fingerprint density at radius 2 is 2.16 bits per heavy atom. The third kappa shape index (κ3) is 3.73. The summed E-state index contributed by atoms with van der Waals surface area (Å²) in [6, 6.07) is 7.22. The molecule has 2 unspecified atom stereocenters. The van der Waals surface area contributed by atoms with Gasteiger partial charge < -0.3 is 10.1 Å². The Morgan fingerprint density at radius 3 is 2.89 bits per heavy atom. The van der Waals surface area contributed by atoms with Crippen LogP contribution in [0, 0.1) is 12.8 Å². The lowest BCUT2D eigenvalue weighted by molar-refractivity contribution is 0.380. The van der Waals surface area contributed by atoms with E-state index in [0.717, 1.165) is 24.6 Å². The van der Waals surface area contributed by atoms with Crippen molar-refractivity contribution in [2.45, 2.75) is 52.0 Å². The van der Waals surface area contributed by atoms with Crippen molar-refractivity contribution in [3.63, 3.8) is 0 Å². The van der Waals surface area contributed by atoms with E-state index in [4.69, 9.17) is 4.74 Å². The van der Waals surface area contributed by atoms with E-state index in [-0.39, 0.29) is 0 Å². The molecule has 0 radical (unpaired) electrons. The van der Waals surface area contributed by atoms with Crippen LogP contribution < -0.4 is 10.1 Å². The fourth-order valence-corrected chi connectivity index (χ4v) is 3.23. The number of nitrogens with one attached hydrogen (secondary N) is 1. The van der Waals surface area contributed by atoms with Crippen LogP contribution in [0.15, 0.2) is 18.2 Å². The van der Waals surface area contributed by atoms with Crippen LogP contribution in [0.1, 0.15) is 43.7 Å². The molecule has 0 saturated heterocycles. The van der Waals surface area contributed by atoms with Gasteiger partial charge in [0.2, 0.25) is 0 Å². The van der Waals surface area contributed by atoms with Crippen molar-refractivity contribution in [3.8, 4) is 5.75 Å². The highest BCUT2D eigenvalue weighted by atomic mass is 16.5. The van der Waals surface area contributed by atoms with Gasteiger partial charge in [-0.15, -0.1) is 0 Å². The van der Waals surface area contributed by atoms with Crippen LogP contribution in [0.25, 0.3) is 0 Å². The minimum Gasteiger partial charge on any atom is -0.496 e. The van der Waals surface area contributed by atoms with Crippen molar-refractivity contribution in [3.05, 3.63) is 29.3 Å². The molecule has 1 N–H and O–H groups in total. The highest BCUT2D eigenvalue weighted by molar-refractivity contribution is 5.37. The van der Waals surface area contributed by atoms with Crippen LogP contribution in [0.5, 0.6) is 5.75 Å². The molecule has 106 valence electrons. The van der Waals surface area contributed by atoms with Crippen LogP contribution in [-0.4, -0.2) is 19.7 Å².